The van der Waals surface area contributed by atoms with Crippen LogP contribution in [0.3, 0.4) is 0 Å². The van der Waals surface area contributed by atoms with Crippen LogP contribution in [0, 0.1) is 5.92 Å². The number of benzene rings is 1. The van der Waals surface area contributed by atoms with Crippen molar-refractivity contribution in [3.63, 3.8) is 0 Å². The van der Waals surface area contributed by atoms with Gasteiger partial charge in [-0.2, -0.15) is 0 Å². The standard InChI is InChI=1S/C16H22N2O3/c1-11(2-5-15(19)20)6-8-18-16(21)13-4-3-12-7-9-17-14(12)10-13/h3-4,10-11,17H,2,5-9H2,1H3,(H,18,21)(H,19,20). The average molecular weight is 290 g/mol. The maximum absolute atomic E-state index is 12.1. The first kappa shape index (κ1) is 15.4. The summed E-state index contributed by atoms with van der Waals surface area (Å²) in [5, 5.41) is 14.8. The van der Waals surface area contributed by atoms with Gasteiger partial charge in [0.05, 0.1) is 0 Å². The smallest absolute Gasteiger partial charge is 0.303 e. The average Bonchev–Trinajstić information content (AvgIpc) is 2.92. The van der Waals surface area contributed by atoms with Gasteiger partial charge in [-0.25, -0.2) is 0 Å². The monoisotopic (exact) mass is 290 g/mol. The summed E-state index contributed by atoms with van der Waals surface area (Å²) >= 11 is 0. The van der Waals surface area contributed by atoms with Gasteiger partial charge < -0.3 is 15.7 Å². The fourth-order valence-corrected chi connectivity index (χ4v) is 2.48. The van der Waals surface area contributed by atoms with Crippen molar-refractivity contribution in [2.75, 3.05) is 18.4 Å². The second-order valence-electron chi connectivity index (χ2n) is 5.63. The quantitative estimate of drug-likeness (QED) is 0.720. The van der Waals surface area contributed by atoms with Crippen molar-refractivity contribution in [3.8, 4) is 0 Å². The molecular formula is C16H22N2O3. The molecule has 0 radical (unpaired) electrons. The summed E-state index contributed by atoms with van der Waals surface area (Å²) in [6.07, 6.45) is 2.64. The van der Waals surface area contributed by atoms with E-state index in [4.69, 9.17) is 5.11 Å². The van der Waals surface area contributed by atoms with Crippen LogP contribution in [-0.4, -0.2) is 30.1 Å². The number of carboxylic acid groups (broad SMARTS) is 1. The number of hydrogen-bond donors (Lipinski definition) is 3. The number of hydrogen-bond acceptors (Lipinski definition) is 3. The zero-order valence-corrected chi connectivity index (χ0v) is 12.3. The predicted octanol–water partition coefficient (Wildman–Crippen LogP) is 2.28. The molecule has 0 aromatic heterocycles. The Labute approximate surface area is 124 Å². The van der Waals surface area contributed by atoms with Gasteiger partial charge in [0.2, 0.25) is 0 Å². The van der Waals surface area contributed by atoms with Crippen LogP contribution in [-0.2, 0) is 11.2 Å². The molecule has 0 saturated heterocycles. The molecule has 0 spiro atoms. The molecule has 0 fully saturated rings. The van der Waals surface area contributed by atoms with Gasteiger partial charge in [-0.05, 0) is 42.9 Å². The number of carboxylic acids is 1. The Morgan fingerprint density at radius 1 is 1.38 bits per heavy atom. The molecule has 1 aliphatic rings. The van der Waals surface area contributed by atoms with E-state index in [1.165, 1.54) is 5.56 Å². The first-order valence-corrected chi connectivity index (χ1v) is 7.43. The highest BCUT2D eigenvalue weighted by Gasteiger charge is 2.13. The zero-order valence-electron chi connectivity index (χ0n) is 12.3. The molecule has 1 unspecified atom stereocenters. The molecule has 5 nitrogen and oxygen atoms in total. The van der Waals surface area contributed by atoms with Crippen molar-refractivity contribution in [1.82, 2.24) is 5.32 Å². The predicted molar refractivity (Wildman–Crippen MR) is 81.6 cm³/mol. The van der Waals surface area contributed by atoms with Crippen molar-refractivity contribution in [2.45, 2.75) is 32.6 Å². The maximum Gasteiger partial charge on any atom is 0.303 e. The van der Waals surface area contributed by atoms with Crippen LogP contribution in [0.1, 0.15) is 42.1 Å². The highest BCUT2D eigenvalue weighted by Crippen LogP contribution is 2.23. The Hall–Kier alpha value is -2.04. The van der Waals surface area contributed by atoms with E-state index in [0.717, 1.165) is 25.1 Å². The summed E-state index contributed by atoms with van der Waals surface area (Å²) in [5.41, 5.74) is 2.98. The van der Waals surface area contributed by atoms with E-state index in [1.807, 2.05) is 25.1 Å². The first-order valence-electron chi connectivity index (χ1n) is 7.43. The van der Waals surface area contributed by atoms with Crippen molar-refractivity contribution in [1.29, 1.82) is 0 Å². The number of anilines is 1. The Kier molecular flexibility index (Phi) is 5.20. The van der Waals surface area contributed by atoms with Crippen LogP contribution in [0.5, 0.6) is 0 Å². The highest BCUT2D eigenvalue weighted by molar-refractivity contribution is 5.95. The van der Waals surface area contributed by atoms with E-state index in [0.29, 0.717) is 24.4 Å². The molecule has 5 heteroatoms. The van der Waals surface area contributed by atoms with Crippen LogP contribution in [0.15, 0.2) is 18.2 Å². The highest BCUT2D eigenvalue weighted by atomic mass is 16.4. The third kappa shape index (κ3) is 4.48. The number of amides is 1. The van der Waals surface area contributed by atoms with Gasteiger partial charge in [-0.3, -0.25) is 9.59 Å². The van der Waals surface area contributed by atoms with Gasteiger partial charge in [0.1, 0.15) is 0 Å². The van der Waals surface area contributed by atoms with Crippen molar-refractivity contribution in [2.24, 2.45) is 5.92 Å². The molecular weight excluding hydrogens is 268 g/mol. The number of carbonyl (C=O) groups excluding carboxylic acids is 1. The molecule has 0 saturated carbocycles. The van der Waals surface area contributed by atoms with E-state index in [9.17, 15) is 9.59 Å². The van der Waals surface area contributed by atoms with Crippen LogP contribution >= 0.6 is 0 Å². The molecule has 0 bridgehead atoms. The number of rotatable bonds is 7. The minimum absolute atomic E-state index is 0.0723. The van der Waals surface area contributed by atoms with Crippen LogP contribution in [0.4, 0.5) is 5.69 Å². The summed E-state index contributed by atoms with van der Waals surface area (Å²) in [6, 6.07) is 5.75. The third-order valence-corrected chi connectivity index (χ3v) is 3.86. The number of carbonyl (C=O) groups is 2. The zero-order chi connectivity index (χ0) is 15.2. The Morgan fingerprint density at radius 3 is 2.95 bits per heavy atom. The molecule has 2 rings (SSSR count). The summed E-state index contributed by atoms with van der Waals surface area (Å²) in [6.45, 7) is 3.51. The summed E-state index contributed by atoms with van der Waals surface area (Å²) in [7, 11) is 0. The maximum atomic E-state index is 12.1. The summed E-state index contributed by atoms with van der Waals surface area (Å²) in [5.74, 6) is -0.545. The molecule has 3 N–H and O–H groups in total. The fourth-order valence-electron chi connectivity index (χ4n) is 2.48. The van der Waals surface area contributed by atoms with Crippen LogP contribution < -0.4 is 10.6 Å². The van der Waals surface area contributed by atoms with Gasteiger partial charge in [0, 0.05) is 30.8 Å². The normalized spacial score (nSPS) is 14.1. The molecule has 1 aromatic rings. The van der Waals surface area contributed by atoms with Crippen LogP contribution in [0.25, 0.3) is 0 Å². The summed E-state index contributed by atoms with van der Waals surface area (Å²) in [4.78, 5) is 22.5. The van der Waals surface area contributed by atoms with Crippen molar-refractivity contribution in [3.05, 3.63) is 29.3 Å². The van der Waals surface area contributed by atoms with Crippen LogP contribution in [0.2, 0.25) is 0 Å². The van der Waals surface area contributed by atoms with Crippen molar-refractivity contribution < 1.29 is 14.7 Å². The van der Waals surface area contributed by atoms with Crippen molar-refractivity contribution >= 4 is 17.6 Å². The third-order valence-electron chi connectivity index (χ3n) is 3.86. The Balaban J connectivity index is 1.76. The molecule has 1 heterocycles. The van der Waals surface area contributed by atoms with E-state index >= 15 is 0 Å². The minimum atomic E-state index is -0.767. The number of nitrogens with one attached hydrogen (secondary N) is 2. The van der Waals surface area contributed by atoms with E-state index < -0.39 is 5.97 Å². The molecule has 1 aromatic carbocycles. The first-order chi connectivity index (χ1) is 10.1. The van der Waals surface area contributed by atoms with E-state index in [1.54, 1.807) is 0 Å². The number of aliphatic carboxylic acids is 1. The Bertz CT molecular complexity index is 528. The van der Waals surface area contributed by atoms with E-state index in [2.05, 4.69) is 10.6 Å². The molecule has 1 atom stereocenters. The Morgan fingerprint density at radius 2 is 2.19 bits per heavy atom. The lowest BCUT2D eigenvalue weighted by Gasteiger charge is -2.11. The molecule has 1 aliphatic heterocycles. The number of fused-ring (bicyclic) bond motifs is 1. The topological polar surface area (TPSA) is 78.4 Å². The van der Waals surface area contributed by atoms with Gasteiger partial charge in [-0.1, -0.05) is 13.0 Å². The lowest BCUT2D eigenvalue weighted by atomic mass is 10.0. The minimum Gasteiger partial charge on any atom is -0.481 e. The SMILES string of the molecule is CC(CCNC(=O)c1ccc2c(c1)NCC2)CCC(=O)O. The van der Waals surface area contributed by atoms with Gasteiger partial charge in [0.15, 0.2) is 0 Å². The van der Waals surface area contributed by atoms with Gasteiger partial charge in [-0.15, -0.1) is 0 Å². The molecule has 21 heavy (non-hydrogen) atoms. The summed E-state index contributed by atoms with van der Waals surface area (Å²) < 4.78 is 0. The molecule has 114 valence electrons. The van der Waals surface area contributed by atoms with Gasteiger partial charge in [0.25, 0.3) is 5.91 Å². The van der Waals surface area contributed by atoms with E-state index in [-0.39, 0.29) is 12.3 Å². The fraction of sp³-hybridized carbons (Fsp3) is 0.500. The molecule has 0 aliphatic carbocycles. The molecule has 1 amide bonds. The second-order valence-corrected chi connectivity index (χ2v) is 5.63. The lowest BCUT2D eigenvalue weighted by Crippen LogP contribution is -2.25. The largest absolute Gasteiger partial charge is 0.481 e. The lowest BCUT2D eigenvalue weighted by molar-refractivity contribution is -0.137. The van der Waals surface area contributed by atoms with Gasteiger partial charge >= 0.3 is 5.97 Å². The second kappa shape index (κ2) is 7.11.